The Bertz CT molecular complexity index is 1150. The number of halogens is 1. The zero-order chi connectivity index (χ0) is 22.4. The molecular formula is C23H23IN2O4S. The zero-order valence-electron chi connectivity index (χ0n) is 17.2. The van der Waals surface area contributed by atoms with Crippen molar-refractivity contribution in [3.63, 3.8) is 0 Å². The molecule has 6 nitrogen and oxygen atoms in total. The Morgan fingerprint density at radius 2 is 1.55 bits per heavy atom. The van der Waals surface area contributed by atoms with Gasteiger partial charge in [-0.15, -0.1) is 0 Å². The first-order valence-electron chi connectivity index (χ1n) is 9.55. The highest BCUT2D eigenvalue weighted by atomic mass is 127. The third-order valence-electron chi connectivity index (χ3n) is 4.92. The van der Waals surface area contributed by atoms with Gasteiger partial charge in [0, 0.05) is 23.0 Å². The molecule has 31 heavy (non-hydrogen) atoms. The largest absolute Gasteiger partial charge is 0.279 e. The number of sulfonamides is 1. The number of carbonyl (C=O) groups is 1. The lowest BCUT2D eigenvalue weighted by molar-refractivity contribution is -0.168. The van der Waals surface area contributed by atoms with E-state index in [0.717, 1.165) is 9.13 Å². The molecule has 0 spiro atoms. The van der Waals surface area contributed by atoms with Crippen LogP contribution in [0.2, 0.25) is 0 Å². The smallest absolute Gasteiger partial charge is 0.261 e. The maximum absolute atomic E-state index is 12.9. The van der Waals surface area contributed by atoms with E-state index in [4.69, 9.17) is 4.84 Å². The summed E-state index contributed by atoms with van der Waals surface area (Å²) >= 11 is 2.23. The molecule has 0 bridgehead atoms. The van der Waals surface area contributed by atoms with Crippen molar-refractivity contribution in [1.29, 1.82) is 0 Å². The fourth-order valence-electron chi connectivity index (χ4n) is 3.25. The molecule has 1 N–H and O–H groups in total. The van der Waals surface area contributed by atoms with Crippen molar-refractivity contribution in [3.05, 3.63) is 93.6 Å². The third kappa shape index (κ3) is 5.63. The van der Waals surface area contributed by atoms with Crippen molar-refractivity contribution in [2.75, 3.05) is 18.9 Å². The van der Waals surface area contributed by atoms with Gasteiger partial charge in [-0.1, -0.05) is 54.6 Å². The van der Waals surface area contributed by atoms with Crippen molar-refractivity contribution in [2.24, 2.45) is 0 Å². The van der Waals surface area contributed by atoms with Crippen LogP contribution in [0.5, 0.6) is 0 Å². The normalized spacial score (nSPS) is 12.2. The van der Waals surface area contributed by atoms with E-state index < -0.39 is 10.0 Å². The fourth-order valence-corrected chi connectivity index (χ4v) is 5.12. The predicted octanol–water partition coefficient (Wildman–Crippen LogP) is 4.63. The Labute approximate surface area is 196 Å². The standard InChI is InChI=1S/C23H23IN2O4S/c1-26(30-2)23(27)16-20(18-12-6-8-14-21(18)24)19-13-7-9-15-22(19)25-31(28,29)17-10-4-3-5-11-17/h3-15,20,25H,16H2,1-2H3/t20-/m1/s1. The summed E-state index contributed by atoms with van der Waals surface area (Å²) in [6.45, 7) is 0. The second kappa shape index (κ2) is 10.3. The molecule has 3 rings (SSSR count). The zero-order valence-corrected chi connectivity index (χ0v) is 20.1. The first-order valence-corrected chi connectivity index (χ1v) is 12.1. The van der Waals surface area contributed by atoms with E-state index in [9.17, 15) is 13.2 Å². The van der Waals surface area contributed by atoms with Crippen LogP contribution >= 0.6 is 22.6 Å². The van der Waals surface area contributed by atoms with Crippen LogP contribution in [0.3, 0.4) is 0 Å². The van der Waals surface area contributed by atoms with Crippen molar-refractivity contribution < 1.29 is 18.0 Å². The molecule has 0 unspecified atom stereocenters. The minimum absolute atomic E-state index is 0.119. The van der Waals surface area contributed by atoms with Gasteiger partial charge in [0.15, 0.2) is 0 Å². The number of hydroxylamine groups is 2. The highest BCUT2D eigenvalue weighted by molar-refractivity contribution is 14.1. The van der Waals surface area contributed by atoms with Gasteiger partial charge in [-0.2, -0.15) is 0 Å². The van der Waals surface area contributed by atoms with E-state index in [1.165, 1.54) is 12.2 Å². The number of hydrogen-bond donors (Lipinski definition) is 1. The SMILES string of the molecule is CON(C)C(=O)C[C@H](c1ccccc1I)c1ccccc1NS(=O)(=O)c1ccccc1. The number of hydrogen-bond acceptors (Lipinski definition) is 4. The van der Waals surface area contributed by atoms with Crippen LogP contribution in [0, 0.1) is 3.57 Å². The number of rotatable bonds is 8. The number of amides is 1. The van der Waals surface area contributed by atoms with Gasteiger partial charge in [-0.25, -0.2) is 13.5 Å². The lowest BCUT2D eigenvalue weighted by Gasteiger charge is -2.24. The Morgan fingerprint density at radius 1 is 0.968 bits per heavy atom. The Morgan fingerprint density at radius 3 is 2.19 bits per heavy atom. The van der Waals surface area contributed by atoms with Crippen LogP contribution in [0.1, 0.15) is 23.5 Å². The summed E-state index contributed by atoms with van der Waals surface area (Å²) in [4.78, 5) is 17.9. The Balaban J connectivity index is 2.06. The molecule has 0 radical (unpaired) electrons. The van der Waals surface area contributed by atoms with E-state index in [1.54, 1.807) is 49.5 Å². The lowest BCUT2D eigenvalue weighted by Crippen LogP contribution is -2.27. The van der Waals surface area contributed by atoms with Gasteiger partial charge in [0.2, 0.25) is 5.91 Å². The molecule has 1 amide bonds. The van der Waals surface area contributed by atoms with Crippen LogP contribution in [0.25, 0.3) is 0 Å². The van der Waals surface area contributed by atoms with Crippen LogP contribution in [0.4, 0.5) is 5.69 Å². The molecule has 0 saturated heterocycles. The quantitative estimate of drug-likeness (QED) is 0.328. The summed E-state index contributed by atoms with van der Waals surface area (Å²) in [5, 5.41) is 1.18. The predicted molar refractivity (Wildman–Crippen MR) is 129 cm³/mol. The lowest BCUT2D eigenvalue weighted by atomic mass is 9.87. The van der Waals surface area contributed by atoms with Crippen molar-refractivity contribution in [1.82, 2.24) is 5.06 Å². The summed E-state index contributed by atoms with van der Waals surface area (Å²) in [6.07, 6.45) is 0.119. The van der Waals surface area contributed by atoms with E-state index in [2.05, 4.69) is 27.3 Å². The molecule has 0 heterocycles. The Hall–Kier alpha value is -2.43. The maximum Gasteiger partial charge on any atom is 0.261 e. The van der Waals surface area contributed by atoms with E-state index in [1.807, 2.05) is 36.4 Å². The Kier molecular flexibility index (Phi) is 7.69. The van der Waals surface area contributed by atoms with Crippen LogP contribution in [-0.2, 0) is 19.7 Å². The average Bonchev–Trinajstić information content (AvgIpc) is 2.78. The number of anilines is 1. The van der Waals surface area contributed by atoms with E-state index in [0.29, 0.717) is 11.3 Å². The molecule has 0 aliphatic heterocycles. The van der Waals surface area contributed by atoms with Gasteiger partial charge in [0.05, 0.1) is 17.7 Å². The van der Waals surface area contributed by atoms with Crippen molar-refractivity contribution >= 4 is 44.2 Å². The van der Waals surface area contributed by atoms with Gasteiger partial charge in [0.25, 0.3) is 10.0 Å². The fraction of sp³-hybridized carbons (Fsp3) is 0.174. The van der Waals surface area contributed by atoms with Crippen LogP contribution < -0.4 is 4.72 Å². The van der Waals surface area contributed by atoms with E-state index >= 15 is 0 Å². The number of nitrogens with one attached hydrogen (secondary N) is 1. The van der Waals surface area contributed by atoms with Gasteiger partial charge in [-0.3, -0.25) is 14.4 Å². The summed E-state index contributed by atoms with van der Waals surface area (Å²) in [6, 6.07) is 23.1. The first kappa shape index (κ1) is 23.2. The molecule has 0 aromatic heterocycles. The molecular weight excluding hydrogens is 527 g/mol. The molecule has 0 aliphatic carbocycles. The molecule has 162 valence electrons. The summed E-state index contributed by atoms with van der Waals surface area (Å²) in [7, 11) is -0.796. The molecule has 0 aliphatic rings. The van der Waals surface area contributed by atoms with Crippen molar-refractivity contribution in [2.45, 2.75) is 17.2 Å². The number of carbonyl (C=O) groups excluding carboxylic acids is 1. The second-order valence-corrected chi connectivity index (χ2v) is 9.70. The van der Waals surface area contributed by atoms with Crippen molar-refractivity contribution in [3.8, 4) is 0 Å². The van der Waals surface area contributed by atoms with Gasteiger partial charge < -0.3 is 0 Å². The summed E-state index contributed by atoms with van der Waals surface area (Å²) in [5.74, 6) is -0.583. The minimum Gasteiger partial charge on any atom is -0.279 e. The third-order valence-corrected chi connectivity index (χ3v) is 7.28. The average molecular weight is 550 g/mol. The van der Waals surface area contributed by atoms with Gasteiger partial charge >= 0.3 is 0 Å². The van der Waals surface area contributed by atoms with Gasteiger partial charge in [-0.05, 0) is 58.0 Å². The minimum atomic E-state index is -3.78. The monoisotopic (exact) mass is 550 g/mol. The van der Waals surface area contributed by atoms with Gasteiger partial charge in [0.1, 0.15) is 0 Å². The van der Waals surface area contributed by atoms with Crippen LogP contribution in [-0.4, -0.2) is 33.5 Å². The molecule has 0 fully saturated rings. The summed E-state index contributed by atoms with van der Waals surface area (Å²) in [5.41, 5.74) is 2.08. The summed E-state index contributed by atoms with van der Waals surface area (Å²) < 4.78 is 29.6. The molecule has 3 aromatic rings. The number of nitrogens with zero attached hydrogens (tertiary/aromatic N) is 1. The van der Waals surface area contributed by atoms with Crippen LogP contribution in [0.15, 0.2) is 83.8 Å². The number of para-hydroxylation sites is 1. The first-order chi connectivity index (χ1) is 14.8. The highest BCUT2D eigenvalue weighted by Gasteiger charge is 2.26. The van der Waals surface area contributed by atoms with E-state index in [-0.39, 0.29) is 23.1 Å². The topological polar surface area (TPSA) is 75.7 Å². The molecule has 8 heteroatoms. The second-order valence-electron chi connectivity index (χ2n) is 6.86. The highest BCUT2D eigenvalue weighted by Crippen LogP contribution is 2.36. The molecule has 1 atom stereocenters. The molecule has 0 saturated carbocycles. The maximum atomic E-state index is 12.9. The number of benzene rings is 3. The molecule has 3 aromatic carbocycles.